The van der Waals surface area contributed by atoms with E-state index >= 15 is 0 Å². The molecule has 2 heterocycles. The molecule has 162 valence electrons. The fourth-order valence-electron chi connectivity index (χ4n) is 5.42. The van der Waals surface area contributed by atoms with Gasteiger partial charge in [0.2, 0.25) is 0 Å². The summed E-state index contributed by atoms with van der Waals surface area (Å²) in [5.74, 6) is 0.433. The lowest BCUT2D eigenvalue weighted by molar-refractivity contribution is 0.643. The minimum Gasteiger partial charge on any atom is -0.337 e. The Morgan fingerprint density at radius 3 is 2.12 bits per heavy atom. The third-order valence-electron chi connectivity index (χ3n) is 6.84. The molecule has 2 heteroatoms. The van der Waals surface area contributed by atoms with Crippen LogP contribution in [0.2, 0.25) is 0 Å². The van der Waals surface area contributed by atoms with Gasteiger partial charge >= 0.3 is 0 Å². The SMILES string of the molecule is CC(C)c1cc(-c2nc3ccccc3c3c2c2ccccc2n3C(C)C)cc2ccccc12. The highest BCUT2D eigenvalue weighted by Crippen LogP contribution is 2.42. The van der Waals surface area contributed by atoms with E-state index in [9.17, 15) is 0 Å². The Hall–Kier alpha value is -3.65. The van der Waals surface area contributed by atoms with Crippen molar-refractivity contribution in [1.29, 1.82) is 0 Å². The molecule has 0 radical (unpaired) electrons. The molecule has 33 heavy (non-hydrogen) atoms. The number of hydrogen-bond donors (Lipinski definition) is 0. The van der Waals surface area contributed by atoms with E-state index in [1.54, 1.807) is 0 Å². The molecule has 0 saturated carbocycles. The first-order valence-corrected chi connectivity index (χ1v) is 11.9. The van der Waals surface area contributed by atoms with Gasteiger partial charge in [0.1, 0.15) is 0 Å². The van der Waals surface area contributed by atoms with Crippen molar-refractivity contribution in [2.24, 2.45) is 0 Å². The zero-order valence-electron chi connectivity index (χ0n) is 19.6. The highest BCUT2D eigenvalue weighted by molar-refractivity contribution is 6.21. The molecule has 6 rings (SSSR count). The van der Waals surface area contributed by atoms with Gasteiger partial charge in [-0.2, -0.15) is 0 Å². The Kier molecular flexibility index (Phi) is 4.51. The molecule has 2 aromatic heterocycles. The highest BCUT2D eigenvalue weighted by Gasteiger charge is 2.21. The number of nitrogens with zero attached hydrogens (tertiary/aromatic N) is 2. The van der Waals surface area contributed by atoms with Crippen LogP contribution < -0.4 is 0 Å². The maximum Gasteiger partial charge on any atom is 0.0810 e. The van der Waals surface area contributed by atoms with Crippen molar-refractivity contribution in [2.75, 3.05) is 0 Å². The lowest BCUT2D eigenvalue weighted by Crippen LogP contribution is -2.01. The standard InChI is InChI=1S/C31H28N2/c1-19(2)26-18-22(17-21-11-5-6-12-23(21)26)30-29-25-14-8-10-16-28(25)33(20(3)4)31(29)24-13-7-9-15-27(24)32-30/h5-20H,1-4H3. The Labute approximate surface area is 194 Å². The molecule has 0 bridgehead atoms. The average Bonchev–Trinajstić information content (AvgIpc) is 3.18. The molecule has 0 unspecified atom stereocenters. The fraction of sp³-hybridized carbons (Fsp3) is 0.194. The van der Waals surface area contributed by atoms with Gasteiger partial charge in [0.25, 0.3) is 0 Å². The van der Waals surface area contributed by atoms with Crippen molar-refractivity contribution in [1.82, 2.24) is 9.55 Å². The second-order valence-electron chi connectivity index (χ2n) is 9.62. The van der Waals surface area contributed by atoms with Crippen molar-refractivity contribution in [3.63, 3.8) is 0 Å². The minimum atomic E-state index is 0.342. The molecule has 6 aromatic rings. The number of hydrogen-bond acceptors (Lipinski definition) is 1. The highest BCUT2D eigenvalue weighted by atomic mass is 15.0. The van der Waals surface area contributed by atoms with Crippen molar-refractivity contribution in [2.45, 2.75) is 39.7 Å². The van der Waals surface area contributed by atoms with Gasteiger partial charge in [-0.05, 0) is 60.4 Å². The third kappa shape index (κ3) is 2.97. The number of aromatic nitrogens is 2. The Bertz CT molecular complexity index is 1670. The van der Waals surface area contributed by atoms with Gasteiger partial charge in [-0.25, -0.2) is 4.98 Å². The van der Waals surface area contributed by atoms with Crippen LogP contribution in [0.4, 0.5) is 0 Å². The predicted molar refractivity (Wildman–Crippen MR) is 142 cm³/mol. The fourth-order valence-corrected chi connectivity index (χ4v) is 5.42. The molecule has 0 amide bonds. The normalized spacial score (nSPS) is 12.2. The van der Waals surface area contributed by atoms with E-state index in [2.05, 4.69) is 117 Å². The van der Waals surface area contributed by atoms with Crippen LogP contribution in [0, 0.1) is 0 Å². The summed E-state index contributed by atoms with van der Waals surface area (Å²) in [6.45, 7) is 9.10. The molecule has 2 nitrogen and oxygen atoms in total. The van der Waals surface area contributed by atoms with Gasteiger partial charge in [-0.1, -0.05) is 74.5 Å². The Morgan fingerprint density at radius 1 is 0.697 bits per heavy atom. The number of fused-ring (bicyclic) bond motifs is 6. The first kappa shape index (κ1) is 20.0. The van der Waals surface area contributed by atoms with E-state index in [4.69, 9.17) is 4.98 Å². The molecular formula is C31H28N2. The zero-order chi connectivity index (χ0) is 22.7. The molecule has 0 N–H and O–H groups in total. The van der Waals surface area contributed by atoms with Crippen molar-refractivity contribution in [3.05, 3.63) is 90.5 Å². The van der Waals surface area contributed by atoms with Crippen LogP contribution >= 0.6 is 0 Å². The van der Waals surface area contributed by atoms with Crippen LogP contribution in [-0.2, 0) is 0 Å². The second-order valence-corrected chi connectivity index (χ2v) is 9.62. The maximum atomic E-state index is 5.29. The molecule has 0 aliphatic rings. The monoisotopic (exact) mass is 428 g/mol. The number of para-hydroxylation sites is 2. The minimum absolute atomic E-state index is 0.342. The molecule has 0 fully saturated rings. The summed E-state index contributed by atoms with van der Waals surface area (Å²) in [4.78, 5) is 5.29. The van der Waals surface area contributed by atoms with Crippen LogP contribution in [-0.4, -0.2) is 9.55 Å². The number of rotatable bonds is 3. The maximum absolute atomic E-state index is 5.29. The summed E-state index contributed by atoms with van der Waals surface area (Å²) in [5, 5.41) is 6.34. The van der Waals surface area contributed by atoms with E-state index in [1.165, 1.54) is 49.1 Å². The summed E-state index contributed by atoms with van der Waals surface area (Å²) in [6.07, 6.45) is 0. The van der Waals surface area contributed by atoms with Gasteiger partial charge in [-0.15, -0.1) is 0 Å². The third-order valence-corrected chi connectivity index (χ3v) is 6.84. The largest absolute Gasteiger partial charge is 0.337 e. The van der Waals surface area contributed by atoms with Crippen LogP contribution in [0.5, 0.6) is 0 Å². The van der Waals surface area contributed by atoms with E-state index in [-0.39, 0.29) is 0 Å². The van der Waals surface area contributed by atoms with Gasteiger partial charge in [0, 0.05) is 33.3 Å². The van der Waals surface area contributed by atoms with Gasteiger partial charge in [-0.3, -0.25) is 0 Å². The second kappa shape index (κ2) is 7.45. The van der Waals surface area contributed by atoms with Crippen LogP contribution in [0.3, 0.4) is 0 Å². The molecule has 4 aromatic carbocycles. The average molecular weight is 429 g/mol. The summed E-state index contributed by atoms with van der Waals surface area (Å²) in [6, 6.07) is 31.1. The topological polar surface area (TPSA) is 17.8 Å². The van der Waals surface area contributed by atoms with Crippen molar-refractivity contribution >= 4 is 43.5 Å². The zero-order valence-corrected chi connectivity index (χ0v) is 19.6. The molecule has 0 spiro atoms. The van der Waals surface area contributed by atoms with Crippen molar-refractivity contribution < 1.29 is 0 Å². The first-order chi connectivity index (χ1) is 16.0. The summed E-state index contributed by atoms with van der Waals surface area (Å²) in [7, 11) is 0. The van der Waals surface area contributed by atoms with E-state index in [0.29, 0.717) is 12.0 Å². The van der Waals surface area contributed by atoms with Gasteiger partial charge < -0.3 is 4.57 Å². The Balaban J connectivity index is 1.84. The molecule has 0 aliphatic heterocycles. The van der Waals surface area contributed by atoms with Crippen LogP contribution in [0.15, 0.2) is 84.9 Å². The molecule has 0 saturated heterocycles. The lowest BCUT2D eigenvalue weighted by atomic mass is 9.91. The molecular weight excluding hydrogens is 400 g/mol. The summed E-state index contributed by atoms with van der Waals surface area (Å²) in [5.41, 5.74) is 7.24. The number of pyridine rings is 1. The predicted octanol–water partition coefficient (Wildman–Crippen LogP) is 8.87. The van der Waals surface area contributed by atoms with E-state index < -0.39 is 0 Å². The molecule has 0 atom stereocenters. The van der Waals surface area contributed by atoms with Crippen LogP contribution in [0.1, 0.15) is 45.2 Å². The quantitative estimate of drug-likeness (QED) is 0.275. The number of benzene rings is 4. The van der Waals surface area contributed by atoms with Crippen molar-refractivity contribution in [3.8, 4) is 11.3 Å². The van der Waals surface area contributed by atoms with Gasteiger partial charge in [0.15, 0.2) is 0 Å². The molecule has 0 aliphatic carbocycles. The lowest BCUT2D eigenvalue weighted by Gasteiger charge is -2.16. The van der Waals surface area contributed by atoms with Gasteiger partial charge in [0.05, 0.1) is 16.7 Å². The van der Waals surface area contributed by atoms with E-state index in [0.717, 1.165) is 11.2 Å². The first-order valence-electron chi connectivity index (χ1n) is 11.9. The Morgan fingerprint density at radius 2 is 1.36 bits per heavy atom. The summed E-state index contributed by atoms with van der Waals surface area (Å²) < 4.78 is 2.49. The summed E-state index contributed by atoms with van der Waals surface area (Å²) >= 11 is 0. The van der Waals surface area contributed by atoms with Crippen LogP contribution in [0.25, 0.3) is 54.7 Å². The smallest absolute Gasteiger partial charge is 0.0810 e. The van der Waals surface area contributed by atoms with E-state index in [1.807, 2.05) is 0 Å².